The van der Waals surface area contributed by atoms with E-state index in [4.69, 9.17) is 4.74 Å². The lowest BCUT2D eigenvalue weighted by atomic mass is 10.0. The van der Waals surface area contributed by atoms with Gasteiger partial charge in [0.1, 0.15) is 5.75 Å². The summed E-state index contributed by atoms with van der Waals surface area (Å²) < 4.78 is 7.18. The molecule has 0 unspecified atom stereocenters. The van der Waals surface area contributed by atoms with Crippen LogP contribution in [0.25, 0.3) is 11.4 Å². The lowest BCUT2D eigenvalue weighted by Crippen LogP contribution is -2.07. The molecular formula is C19H20N4O2S. The minimum atomic E-state index is 0.0594. The molecule has 2 heterocycles. The van der Waals surface area contributed by atoms with Crippen molar-refractivity contribution in [2.75, 3.05) is 12.9 Å². The summed E-state index contributed by atoms with van der Waals surface area (Å²) in [7, 11) is 3.52. The van der Waals surface area contributed by atoms with Crippen LogP contribution in [-0.4, -0.2) is 38.4 Å². The zero-order valence-corrected chi connectivity index (χ0v) is 16.0. The van der Waals surface area contributed by atoms with Gasteiger partial charge in [0.05, 0.1) is 12.9 Å². The molecule has 26 heavy (non-hydrogen) atoms. The number of ether oxygens (including phenoxy) is 1. The maximum absolute atomic E-state index is 12.6. The molecule has 2 aromatic heterocycles. The van der Waals surface area contributed by atoms with Crippen molar-refractivity contribution in [2.45, 2.75) is 19.0 Å². The van der Waals surface area contributed by atoms with E-state index in [0.717, 1.165) is 28.3 Å². The molecule has 0 atom stereocenters. The average molecular weight is 368 g/mol. The highest BCUT2D eigenvalue weighted by atomic mass is 32.2. The topological polar surface area (TPSA) is 69.9 Å². The Morgan fingerprint density at radius 3 is 2.73 bits per heavy atom. The smallest absolute Gasteiger partial charge is 0.191 e. The zero-order valence-electron chi connectivity index (χ0n) is 15.2. The first kappa shape index (κ1) is 18.1. The second-order valence-electron chi connectivity index (χ2n) is 5.96. The number of carbonyl (C=O) groups excluding carboxylic acids is 1. The third-order valence-electron chi connectivity index (χ3n) is 4.13. The Kier molecular flexibility index (Phi) is 5.37. The fourth-order valence-corrected chi connectivity index (χ4v) is 3.50. The minimum Gasteiger partial charge on any atom is -0.496 e. The van der Waals surface area contributed by atoms with Crippen molar-refractivity contribution in [3.8, 4) is 17.1 Å². The standard InChI is InChI=1S/C19H20N4O2S/c1-12-9-17(25-4)13(2)8-15(12)16(24)11-26-19-22-21-18(23(19)3)14-6-5-7-20-10-14/h5-10H,11H2,1-4H3. The van der Waals surface area contributed by atoms with Crippen LogP contribution in [0.4, 0.5) is 0 Å². The lowest BCUT2D eigenvalue weighted by molar-refractivity contribution is 0.102. The fraction of sp³-hybridized carbons (Fsp3) is 0.263. The Balaban J connectivity index is 1.75. The first-order valence-corrected chi connectivity index (χ1v) is 9.11. The largest absolute Gasteiger partial charge is 0.496 e. The number of thioether (sulfide) groups is 1. The predicted octanol–water partition coefficient (Wildman–Crippen LogP) is 3.48. The summed E-state index contributed by atoms with van der Waals surface area (Å²) in [4.78, 5) is 16.8. The highest BCUT2D eigenvalue weighted by Gasteiger charge is 2.16. The van der Waals surface area contributed by atoms with Crippen LogP contribution in [0.2, 0.25) is 0 Å². The number of methoxy groups -OCH3 is 1. The molecule has 0 saturated heterocycles. The van der Waals surface area contributed by atoms with Crippen molar-refractivity contribution < 1.29 is 9.53 Å². The molecule has 0 fully saturated rings. The monoisotopic (exact) mass is 368 g/mol. The van der Waals surface area contributed by atoms with Gasteiger partial charge < -0.3 is 9.30 Å². The molecule has 0 bridgehead atoms. The third kappa shape index (κ3) is 3.62. The quantitative estimate of drug-likeness (QED) is 0.490. The molecule has 1 aromatic carbocycles. The van der Waals surface area contributed by atoms with Crippen molar-refractivity contribution in [1.82, 2.24) is 19.7 Å². The first-order chi connectivity index (χ1) is 12.5. The highest BCUT2D eigenvalue weighted by molar-refractivity contribution is 7.99. The van der Waals surface area contributed by atoms with E-state index in [1.165, 1.54) is 11.8 Å². The number of aryl methyl sites for hydroxylation is 2. The van der Waals surface area contributed by atoms with Crippen molar-refractivity contribution in [3.05, 3.63) is 53.3 Å². The Morgan fingerprint density at radius 2 is 2.04 bits per heavy atom. The molecule has 3 aromatic rings. The van der Waals surface area contributed by atoms with Crippen LogP contribution in [-0.2, 0) is 7.05 Å². The number of carbonyl (C=O) groups is 1. The van der Waals surface area contributed by atoms with Crippen molar-refractivity contribution in [2.24, 2.45) is 7.05 Å². The van der Waals surface area contributed by atoms with E-state index in [1.807, 2.05) is 49.7 Å². The molecule has 0 N–H and O–H groups in total. The molecule has 0 aliphatic rings. The minimum absolute atomic E-state index is 0.0594. The molecule has 0 aliphatic heterocycles. The predicted molar refractivity (Wildman–Crippen MR) is 102 cm³/mol. The molecular weight excluding hydrogens is 348 g/mol. The Hall–Kier alpha value is -2.67. The number of hydrogen-bond donors (Lipinski definition) is 0. The summed E-state index contributed by atoms with van der Waals surface area (Å²) in [6.45, 7) is 3.85. The number of ketones is 1. The molecule has 6 nitrogen and oxygen atoms in total. The van der Waals surface area contributed by atoms with Gasteiger partial charge in [-0.15, -0.1) is 10.2 Å². The van der Waals surface area contributed by atoms with E-state index < -0.39 is 0 Å². The summed E-state index contributed by atoms with van der Waals surface area (Å²) >= 11 is 1.38. The number of aromatic nitrogens is 4. The number of Topliss-reactive ketones (excluding diaryl/α,β-unsaturated/α-hetero) is 1. The number of nitrogens with zero attached hydrogens (tertiary/aromatic N) is 4. The van der Waals surface area contributed by atoms with Gasteiger partial charge >= 0.3 is 0 Å². The van der Waals surface area contributed by atoms with Crippen LogP contribution in [0.15, 0.2) is 41.8 Å². The van der Waals surface area contributed by atoms with Gasteiger partial charge in [-0.3, -0.25) is 9.78 Å². The van der Waals surface area contributed by atoms with E-state index in [9.17, 15) is 4.79 Å². The Bertz CT molecular complexity index is 938. The maximum Gasteiger partial charge on any atom is 0.191 e. The van der Waals surface area contributed by atoms with Crippen LogP contribution in [0, 0.1) is 13.8 Å². The number of pyridine rings is 1. The molecule has 0 aliphatic carbocycles. The number of hydrogen-bond acceptors (Lipinski definition) is 6. The normalized spacial score (nSPS) is 10.8. The summed E-state index contributed by atoms with van der Waals surface area (Å²) in [5.41, 5.74) is 3.46. The van der Waals surface area contributed by atoms with Crippen molar-refractivity contribution >= 4 is 17.5 Å². The molecule has 0 spiro atoms. The molecule has 0 saturated carbocycles. The van der Waals surface area contributed by atoms with Crippen LogP contribution in [0.3, 0.4) is 0 Å². The summed E-state index contributed by atoms with van der Waals surface area (Å²) in [6, 6.07) is 7.57. The number of rotatable bonds is 6. The molecule has 134 valence electrons. The van der Waals surface area contributed by atoms with Crippen molar-refractivity contribution in [1.29, 1.82) is 0 Å². The van der Waals surface area contributed by atoms with Gasteiger partial charge in [-0.1, -0.05) is 11.8 Å². The van der Waals surface area contributed by atoms with Gasteiger partial charge in [-0.2, -0.15) is 0 Å². The third-order valence-corrected chi connectivity index (χ3v) is 5.15. The average Bonchev–Trinajstić information content (AvgIpc) is 3.02. The van der Waals surface area contributed by atoms with Gasteiger partial charge in [0.15, 0.2) is 16.8 Å². The van der Waals surface area contributed by atoms with Crippen molar-refractivity contribution in [3.63, 3.8) is 0 Å². The van der Waals surface area contributed by atoms with Gasteiger partial charge in [0.25, 0.3) is 0 Å². The summed E-state index contributed by atoms with van der Waals surface area (Å²) in [5.74, 6) is 1.88. The lowest BCUT2D eigenvalue weighted by Gasteiger charge is -2.10. The van der Waals surface area contributed by atoms with E-state index >= 15 is 0 Å². The molecule has 7 heteroatoms. The summed E-state index contributed by atoms with van der Waals surface area (Å²) in [6.07, 6.45) is 3.46. The van der Waals surface area contributed by atoms with Gasteiger partial charge in [0, 0.05) is 30.6 Å². The van der Waals surface area contributed by atoms with Gasteiger partial charge in [-0.05, 0) is 49.2 Å². The van der Waals surface area contributed by atoms with E-state index in [1.54, 1.807) is 19.5 Å². The second-order valence-corrected chi connectivity index (χ2v) is 6.90. The van der Waals surface area contributed by atoms with Crippen LogP contribution in [0.5, 0.6) is 5.75 Å². The van der Waals surface area contributed by atoms with Gasteiger partial charge in [0.2, 0.25) is 0 Å². The Labute approximate surface area is 156 Å². The highest BCUT2D eigenvalue weighted by Crippen LogP contribution is 2.26. The SMILES string of the molecule is COc1cc(C)c(C(=O)CSc2nnc(-c3cccnc3)n2C)cc1C. The van der Waals surface area contributed by atoms with Crippen LogP contribution >= 0.6 is 11.8 Å². The first-order valence-electron chi connectivity index (χ1n) is 8.12. The second kappa shape index (κ2) is 7.70. The van der Waals surface area contributed by atoms with Gasteiger partial charge in [-0.25, -0.2) is 0 Å². The zero-order chi connectivity index (χ0) is 18.7. The van der Waals surface area contributed by atoms with Crippen LogP contribution in [0.1, 0.15) is 21.5 Å². The Morgan fingerprint density at radius 1 is 1.23 bits per heavy atom. The summed E-state index contributed by atoms with van der Waals surface area (Å²) in [5, 5.41) is 9.11. The number of benzene rings is 1. The van der Waals surface area contributed by atoms with E-state index in [2.05, 4.69) is 15.2 Å². The molecule has 0 radical (unpaired) electrons. The van der Waals surface area contributed by atoms with E-state index in [0.29, 0.717) is 16.5 Å². The fourth-order valence-electron chi connectivity index (χ4n) is 2.70. The maximum atomic E-state index is 12.6. The van der Waals surface area contributed by atoms with E-state index in [-0.39, 0.29) is 5.78 Å². The van der Waals surface area contributed by atoms with Crippen LogP contribution < -0.4 is 4.74 Å². The molecule has 3 rings (SSSR count). The molecule has 0 amide bonds.